The number of alkyl halides is 3. The maximum Gasteiger partial charge on any atom is 0.407 e. The molecule has 2 amide bonds. The van der Waals surface area contributed by atoms with Gasteiger partial charge >= 0.3 is 12.3 Å². The van der Waals surface area contributed by atoms with Crippen molar-refractivity contribution < 1.29 is 50.1 Å². The van der Waals surface area contributed by atoms with Gasteiger partial charge in [-0.3, -0.25) is 4.79 Å². The van der Waals surface area contributed by atoms with Gasteiger partial charge in [0, 0.05) is 25.1 Å². The van der Waals surface area contributed by atoms with E-state index >= 15 is 0 Å². The van der Waals surface area contributed by atoms with E-state index in [9.17, 15) is 35.9 Å². The fourth-order valence-corrected chi connectivity index (χ4v) is 4.44. The van der Waals surface area contributed by atoms with E-state index in [-0.39, 0.29) is 43.8 Å². The Morgan fingerprint density at radius 3 is 2.33 bits per heavy atom. The maximum absolute atomic E-state index is 14.9. The van der Waals surface area contributed by atoms with Crippen molar-refractivity contribution >= 4 is 23.4 Å². The number of carbonyl (C=O) groups excluding carboxylic acids is 2. The number of amides is 2. The lowest BCUT2D eigenvalue weighted by Gasteiger charge is -2.30. The Kier molecular flexibility index (Phi) is 12.1. The summed E-state index contributed by atoms with van der Waals surface area (Å²) in [5.74, 6) is -2.26. The highest BCUT2D eigenvalue weighted by molar-refractivity contribution is 5.97. The summed E-state index contributed by atoms with van der Waals surface area (Å²) >= 11 is 0. The Labute approximate surface area is 260 Å². The third kappa shape index (κ3) is 11.1. The Bertz CT molecular complexity index is 1430. The van der Waals surface area contributed by atoms with E-state index in [4.69, 9.17) is 14.2 Å². The van der Waals surface area contributed by atoms with Gasteiger partial charge in [0.1, 0.15) is 30.8 Å². The lowest BCUT2D eigenvalue weighted by molar-refractivity contribution is -0.124. The van der Waals surface area contributed by atoms with E-state index in [0.29, 0.717) is 24.2 Å². The molecule has 46 heavy (non-hydrogen) atoms. The zero-order valence-electron chi connectivity index (χ0n) is 24.3. The summed E-state index contributed by atoms with van der Waals surface area (Å²) in [6.45, 7) is -1.26. The summed E-state index contributed by atoms with van der Waals surface area (Å²) in [6.07, 6.45) is -5.68. The second kappa shape index (κ2) is 16.2. The lowest BCUT2D eigenvalue weighted by atomic mass is 10.0. The molecule has 3 aromatic carbocycles. The maximum atomic E-state index is 14.9. The summed E-state index contributed by atoms with van der Waals surface area (Å²) in [7, 11) is 0. The number of halogens is 6. The monoisotopic (exact) mass is 654 g/mol. The summed E-state index contributed by atoms with van der Waals surface area (Å²) < 4.78 is 94.7. The highest BCUT2D eigenvalue weighted by Gasteiger charge is 2.29. The molecule has 0 bridgehead atoms. The van der Waals surface area contributed by atoms with Gasteiger partial charge in [0.25, 0.3) is 0 Å². The molecule has 4 rings (SSSR count). The van der Waals surface area contributed by atoms with Crippen LogP contribution in [-0.4, -0.2) is 69.3 Å². The third-order valence-corrected chi connectivity index (χ3v) is 6.78. The molecule has 0 saturated carbocycles. The smallest absolute Gasteiger partial charge is 0.407 e. The van der Waals surface area contributed by atoms with Crippen LogP contribution in [0.15, 0.2) is 66.7 Å². The second-order valence-corrected chi connectivity index (χ2v) is 10.4. The number of ether oxygens (including phenoxy) is 3. The van der Waals surface area contributed by atoms with Gasteiger partial charge in [0.2, 0.25) is 5.91 Å². The van der Waals surface area contributed by atoms with Crippen LogP contribution in [0.25, 0.3) is 0 Å². The number of nitrogens with one attached hydrogen (secondary N) is 4. The molecule has 1 aliphatic heterocycles. The first-order valence-electron chi connectivity index (χ1n) is 14.3. The van der Waals surface area contributed by atoms with E-state index in [1.807, 2.05) is 0 Å². The van der Waals surface area contributed by atoms with Crippen LogP contribution < -0.4 is 26.0 Å². The third-order valence-electron chi connectivity index (χ3n) is 6.78. The van der Waals surface area contributed by atoms with E-state index in [1.165, 1.54) is 66.7 Å². The van der Waals surface area contributed by atoms with Crippen molar-refractivity contribution in [3.63, 3.8) is 0 Å². The predicted octanol–water partition coefficient (Wildman–Crippen LogP) is 5.18. The standard InChI is InChI=1S/C31H32F6N4O5/c32-20-6-4-19(5-7-20)14-27(29(42)40-22-10-8-21(33)9-11-22)41-26-3-1-2-25(34)28(26)44-13-12-24-15-38-23(16-45-24)17-46-30(43)39-18-31(35,36)37/h1-11,23-24,27,38,41H,12-18H2,(H,39,43)(H,40,42)/t23-,24-,27-/m0/s1. The normalized spacial score (nSPS) is 17.1. The molecule has 1 fully saturated rings. The molecule has 3 aromatic rings. The molecule has 1 saturated heterocycles. The molecule has 4 N–H and O–H groups in total. The lowest BCUT2D eigenvalue weighted by Crippen LogP contribution is -2.49. The van der Waals surface area contributed by atoms with E-state index in [0.717, 1.165) is 0 Å². The molecular weight excluding hydrogens is 622 g/mol. The van der Waals surface area contributed by atoms with Crippen LogP contribution in [0.1, 0.15) is 12.0 Å². The minimum atomic E-state index is -4.55. The van der Waals surface area contributed by atoms with Crippen LogP contribution in [0.4, 0.5) is 42.5 Å². The molecule has 0 radical (unpaired) electrons. The number of hydrogen-bond donors (Lipinski definition) is 4. The van der Waals surface area contributed by atoms with Gasteiger partial charge in [-0.15, -0.1) is 0 Å². The Balaban J connectivity index is 1.32. The Hall–Kier alpha value is -4.50. The molecule has 15 heteroatoms. The van der Waals surface area contributed by atoms with Gasteiger partial charge in [-0.2, -0.15) is 13.2 Å². The number of anilines is 2. The van der Waals surface area contributed by atoms with Crippen molar-refractivity contribution in [2.75, 3.05) is 43.5 Å². The topological polar surface area (TPSA) is 110 Å². The average Bonchev–Trinajstić information content (AvgIpc) is 3.02. The molecule has 0 aromatic heterocycles. The molecule has 1 aliphatic rings. The van der Waals surface area contributed by atoms with Gasteiger partial charge < -0.3 is 35.5 Å². The molecular formula is C31H32F6N4O5. The van der Waals surface area contributed by atoms with Crippen LogP contribution in [0, 0.1) is 17.5 Å². The number of benzene rings is 3. The summed E-state index contributed by atoms with van der Waals surface area (Å²) in [4.78, 5) is 24.7. The summed E-state index contributed by atoms with van der Waals surface area (Å²) in [5.41, 5.74) is 1.15. The largest absolute Gasteiger partial charge is 0.488 e. The van der Waals surface area contributed by atoms with Crippen LogP contribution in [0.3, 0.4) is 0 Å². The van der Waals surface area contributed by atoms with Gasteiger partial charge in [0.05, 0.1) is 31.0 Å². The summed E-state index contributed by atoms with van der Waals surface area (Å²) in [6, 6.07) is 13.5. The van der Waals surface area contributed by atoms with E-state index in [2.05, 4.69) is 16.0 Å². The number of hydrogen-bond acceptors (Lipinski definition) is 7. The van der Waals surface area contributed by atoms with E-state index < -0.39 is 54.3 Å². The first-order chi connectivity index (χ1) is 21.9. The minimum Gasteiger partial charge on any atom is -0.488 e. The zero-order valence-corrected chi connectivity index (χ0v) is 24.3. The van der Waals surface area contributed by atoms with Gasteiger partial charge in [0.15, 0.2) is 11.6 Å². The molecule has 0 unspecified atom stereocenters. The predicted molar refractivity (Wildman–Crippen MR) is 156 cm³/mol. The molecule has 0 spiro atoms. The van der Waals surface area contributed by atoms with Gasteiger partial charge in [-0.1, -0.05) is 18.2 Å². The number of para-hydroxylation sites is 1. The Morgan fingerprint density at radius 1 is 0.978 bits per heavy atom. The molecule has 248 valence electrons. The van der Waals surface area contributed by atoms with E-state index in [1.54, 1.807) is 5.32 Å². The van der Waals surface area contributed by atoms with Crippen molar-refractivity contribution in [2.45, 2.75) is 37.2 Å². The van der Waals surface area contributed by atoms with Crippen LogP contribution in [0.5, 0.6) is 5.75 Å². The SMILES string of the molecule is O=C(NCC(F)(F)F)OC[C@@H]1CO[C@@H](CCOc2c(F)cccc2N[C@@H](Cc2ccc(F)cc2)C(=O)Nc2ccc(F)cc2)CN1. The van der Waals surface area contributed by atoms with Gasteiger partial charge in [-0.25, -0.2) is 18.0 Å². The highest BCUT2D eigenvalue weighted by Crippen LogP contribution is 2.29. The van der Waals surface area contributed by atoms with Crippen molar-refractivity contribution in [3.05, 3.63) is 89.7 Å². The van der Waals surface area contributed by atoms with Gasteiger partial charge in [-0.05, 0) is 54.1 Å². The molecule has 0 aliphatic carbocycles. The quantitative estimate of drug-likeness (QED) is 0.188. The van der Waals surface area contributed by atoms with Crippen molar-refractivity contribution in [1.82, 2.24) is 10.6 Å². The number of morpholine rings is 1. The molecule has 3 atom stereocenters. The Morgan fingerprint density at radius 2 is 1.67 bits per heavy atom. The van der Waals surface area contributed by atoms with Crippen molar-refractivity contribution in [3.8, 4) is 5.75 Å². The average molecular weight is 655 g/mol. The van der Waals surface area contributed by atoms with Crippen LogP contribution >= 0.6 is 0 Å². The highest BCUT2D eigenvalue weighted by atomic mass is 19.4. The first-order valence-corrected chi connectivity index (χ1v) is 14.3. The fraction of sp³-hybridized carbons (Fsp3) is 0.355. The summed E-state index contributed by atoms with van der Waals surface area (Å²) in [5, 5.41) is 10.4. The number of alkyl carbamates (subject to hydrolysis) is 1. The zero-order chi connectivity index (χ0) is 33.1. The number of carbonyl (C=O) groups is 2. The van der Waals surface area contributed by atoms with Crippen molar-refractivity contribution in [1.29, 1.82) is 0 Å². The van der Waals surface area contributed by atoms with Crippen LogP contribution in [-0.2, 0) is 20.7 Å². The van der Waals surface area contributed by atoms with Crippen molar-refractivity contribution in [2.24, 2.45) is 0 Å². The molecule has 9 nitrogen and oxygen atoms in total. The van der Waals surface area contributed by atoms with Crippen LogP contribution in [0.2, 0.25) is 0 Å². The number of rotatable bonds is 13. The second-order valence-electron chi connectivity index (χ2n) is 10.4. The minimum absolute atomic E-state index is 0.0212. The molecule has 1 heterocycles. The fourth-order valence-electron chi connectivity index (χ4n) is 4.44. The first kappa shape index (κ1) is 34.4.